The number of para-hydroxylation sites is 1. The summed E-state index contributed by atoms with van der Waals surface area (Å²) >= 11 is 0. The Kier molecular flexibility index (Phi) is 8.13. The van der Waals surface area contributed by atoms with E-state index in [1.807, 2.05) is 0 Å². The maximum Gasteiger partial charge on any atom is 0.0629 e. The molecule has 1 fully saturated rings. The van der Waals surface area contributed by atoms with Crippen LogP contribution in [0.15, 0.2) is 188 Å². The molecule has 0 amide bonds. The molecule has 0 N–H and O–H groups in total. The van der Waals surface area contributed by atoms with E-state index in [0.29, 0.717) is 5.92 Å². The Hall–Kier alpha value is -7.04. The molecule has 2 atom stereocenters. The smallest absolute Gasteiger partial charge is 0.0629 e. The van der Waals surface area contributed by atoms with Crippen LogP contribution in [0.3, 0.4) is 0 Å². The predicted octanol–water partition coefficient (Wildman–Crippen LogP) is 14.3. The van der Waals surface area contributed by atoms with Crippen LogP contribution >= 0.6 is 0 Å². The number of anilines is 6. The van der Waals surface area contributed by atoms with Gasteiger partial charge in [0, 0.05) is 82.4 Å². The summed E-state index contributed by atoms with van der Waals surface area (Å²) in [4.78, 5) is 10.3. The minimum Gasteiger partial charge on any atom is -0.368 e. The van der Waals surface area contributed by atoms with E-state index in [0.717, 1.165) is 39.0 Å². The molecule has 8 aromatic rings. The second-order valence-electron chi connectivity index (χ2n) is 18.7. The van der Waals surface area contributed by atoms with Gasteiger partial charge < -0.3 is 19.6 Å². The number of fused-ring (bicyclic) bond motifs is 6. The number of benzene rings is 8. The minimum absolute atomic E-state index is 0.0295. The van der Waals surface area contributed by atoms with Crippen LogP contribution in [0.5, 0.6) is 0 Å². The molecule has 3 aliphatic carbocycles. The van der Waals surface area contributed by atoms with E-state index >= 15 is 0 Å². The Morgan fingerprint density at radius 1 is 0.571 bits per heavy atom. The summed E-state index contributed by atoms with van der Waals surface area (Å²) in [5, 5.41) is 7.96. The highest BCUT2D eigenvalue weighted by molar-refractivity contribution is 6.27. The van der Waals surface area contributed by atoms with Gasteiger partial charge in [-0.05, 0) is 123 Å². The van der Waals surface area contributed by atoms with Crippen LogP contribution in [-0.2, 0) is 5.41 Å². The van der Waals surface area contributed by atoms with E-state index in [1.165, 1.54) is 100.0 Å². The molecule has 0 spiro atoms. The van der Waals surface area contributed by atoms with Crippen LogP contribution in [0.4, 0.5) is 34.1 Å². The number of hydrogen-bond donors (Lipinski definition) is 0. The van der Waals surface area contributed by atoms with Crippen molar-refractivity contribution in [1.29, 1.82) is 0 Å². The third kappa shape index (κ3) is 5.53. The second kappa shape index (κ2) is 14.0. The molecule has 5 aliphatic rings. The fraction of sp³-hybridized carbons (Fsp3) is 0.186. The first-order valence-corrected chi connectivity index (χ1v) is 23.0. The zero-order valence-electron chi connectivity index (χ0n) is 36.0. The molecule has 0 bridgehead atoms. The Morgan fingerprint density at radius 3 is 2.10 bits per heavy atom. The summed E-state index contributed by atoms with van der Waals surface area (Å²) < 4.78 is 0. The van der Waals surface area contributed by atoms with Gasteiger partial charge in [0.1, 0.15) is 0 Å². The topological polar surface area (TPSA) is 13.0 Å². The highest BCUT2D eigenvalue weighted by Crippen LogP contribution is 2.56. The lowest BCUT2D eigenvalue weighted by Crippen LogP contribution is -2.46. The molecule has 2 heterocycles. The first kappa shape index (κ1) is 36.6. The summed E-state index contributed by atoms with van der Waals surface area (Å²) in [7, 11) is 0. The van der Waals surface area contributed by atoms with Gasteiger partial charge in [-0.2, -0.15) is 0 Å². The van der Waals surface area contributed by atoms with Crippen LogP contribution in [0, 0.1) is 0 Å². The lowest BCUT2D eigenvalue weighted by Gasteiger charge is -2.38. The van der Waals surface area contributed by atoms with Gasteiger partial charge in [0.25, 0.3) is 0 Å². The molecule has 8 aromatic carbocycles. The zero-order chi connectivity index (χ0) is 41.8. The monoisotopic (exact) mass is 814 g/mol. The number of allylic oxidation sites excluding steroid dienone is 6. The standard InChI is InChI=1S/C59H50N4/c1-59(2)51-19-11-9-17-45(51)49-38-56-50(37-52(49)59)46-18-10-12-20-54(46)63(56)44-27-25-43(26-28-44)62(42-15-7-4-8-16-42)55-32-24-40-21-29-47-53(31-23-39-22-30-48(55)58(40)57(39)47)61-35-33-60(34-36-61)41-13-5-3-6-14-41/h3-7,9-15,17-32,37-38,46,54H,8,16,33-36H2,1-2H3. The zero-order valence-corrected chi connectivity index (χ0v) is 36.0. The van der Waals surface area contributed by atoms with Crippen molar-refractivity contribution in [1.82, 2.24) is 0 Å². The van der Waals surface area contributed by atoms with Crippen LogP contribution in [0.2, 0.25) is 0 Å². The van der Waals surface area contributed by atoms with Crippen molar-refractivity contribution < 1.29 is 0 Å². The Labute approximate surface area is 370 Å². The van der Waals surface area contributed by atoms with Gasteiger partial charge >= 0.3 is 0 Å². The van der Waals surface area contributed by atoms with Crippen molar-refractivity contribution in [2.75, 3.05) is 45.8 Å². The lowest BCUT2D eigenvalue weighted by atomic mass is 9.80. The van der Waals surface area contributed by atoms with E-state index < -0.39 is 0 Å². The Balaban J connectivity index is 0.899. The SMILES string of the molecule is CC1(C)c2ccccc2-c2cc3c(cc21)C1C=CC=CC1N3c1ccc(N(C2=CC=CCC2)c2ccc3ccc4c(N5CCN(c6ccccc6)CC5)ccc5ccc2c3c54)cc1. The van der Waals surface area contributed by atoms with E-state index in [1.54, 1.807) is 0 Å². The van der Waals surface area contributed by atoms with E-state index in [2.05, 4.69) is 216 Å². The normalized spacial score (nSPS) is 19.5. The third-order valence-corrected chi connectivity index (χ3v) is 15.0. The molecular weight excluding hydrogens is 765 g/mol. The molecule has 2 aliphatic heterocycles. The van der Waals surface area contributed by atoms with E-state index in [4.69, 9.17) is 0 Å². The highest BCUT2D eigenvalue weighted by Gasteiger charge is 2.42. The Bertz CT molecular complexity index is 3230. The van der Waals surface area contributed by atoms with Gasteiger partial charge in [-0.25, -0.2) is 0 Å². The van der Waals surface area contributed by atoms with Crippen LogP contribution in [-0.4, -0.2) is 32.2 Å². The first-order valence-electron chi connectivity index (χ1n) is 23.0. The quantitative estimate of drug-likeness (QED) is 0.155. The molecule has 0 saturated carbocycles. The summed E-state index contributed by atoms with van der Waals surface area (Å²) in [6, 6.07) is 53.5. The average Bonchev–Trinajstić information content (AvgIpc) is 3.78. The number of rotatable bonds is 6. The molecule has 2 unspecified atom stereocenters. The molecule has 4 heteroatoms. The molecular formula is C59H50N4. The summed E-state index contributed by atoms with van der Waals surface area (Å²) in [6.45, 7) is 8.81. The second-order valence-corrected chi connectivity index (χ2v) is 18.7. The first-order chi connectivity index (χ1) is 31.0. The maximum absolute atomic E-state index is 2.60. The van der Waals surface area contributed by atoms with Gasteiger partial charge in [-0.3, -0.25) is 0 Å². The maximum atomic E-state index is 2.60. The summed E-state index contributed by atoms with van der Waals surface area (Å²) in [6.07, 6.45) is 18.1. The summed E-state index contributed by atoms with van der Waals surface area (Å²) in [5.41, 5.74) is 15.9. The fourth-order valence-electron chi connectivity index (χ4n) is 11.9. The predicted molar refractivity (Wildman–Crippen MR) is 267 cm³/mol. The van der Waals surface area contributed by atoms with E-state index in [-0.39, 0.29) is 11.5 Å². The summed E-state index contributed by atoms with van der Waals surface area (Å²) in [5.74, 6) is 0.307. The largest absolute Gasteiger partial charge is 0.368 e. The van der Waals surface area contributed by atoms with Crippen LogP contribution in [0.25, 0.3) is 43.4 Å². The van der Waals surface area contributed by atoms with Crippen molar-refractivity contribution in [2.24, 2.45) is 0 Å². The van der Waals surface area contributed by atoms with Gasteiger partial charge in [0.2, 0.25) is 0 Å². The van der Waals surface area contributed by atoms with E-state index in [9.17, 15) is 0 Å². The minimum atomic E-state index is -0.0295. The average molecular weight is 815 g/mol. The van der Waals surface area contributed by atoms with Gasteiger partial charge in [-0.1, -0.05) is 135 Å². The lowest BCUT2D eigenvalue weighted by molar-refractivity contribution is 0.655. The molecule has 0 radical (unpaired) electrons. The molecule has 13 rings (SSSR count). The number of piperazine rings is 1. The molecule has 0 aromatic heterocycles. The van der Waals surface area contributed by atoms with Crippen molar-refractivity contribution in [2.45, 2.75) is 44.1 Å². The molecule has 4 nitrogen and oxygen atoms in total. The third-order valence-electron chi connectivity index (χ3n) is 15.0. The fourth-order valence-corrected chi connectivity index (χ4v) is 11.9. The molecule has 306 valence electrons. The Morgan fingerprint density at radius 2 is 1.29 bits per heavy atom. The van der Waals surface area contributed by atoms with Crippen molar-refractivity contribution >= 4 is 66.4 Å². The van der Waals surface area contributed by atoms with Crippen molar-refractivity contribution in [3.8, 4) is 11.1 Å². The van der Waals surface area contributed by atoms with Crippen LogP contribution in [0.1, 0.15) is 49.3 Å². The highest BCUT2D eigenvalue weighted by atomic mass is 15.3. The van der Waals surface area contributed by atoms with Gasteiger partial charge in [0.05, 0.1) is 11.7 Å². The van der Waals surface area contributed by atoms with Gasteiger partial charge in [-0.15, -0.1) is 0 Å². The number of nitrogens with zero attached hydrogens (tertiary/aromatic N) is 4. The van der Waals surface area contributed by atoms with Crippen LogP contribution < -0.4 is 19.6 Å². The van der Waals surface area contributed by atoms with Crippen molar-refractivity contribution in [3.63, 3.8) is 0 Å². The molecule has 1 saturated heterocycles. The number of hydrogen-bond acceptors (Lipinski definition) is 4. The van der Waals surface area contributed by atoms with Crippen molar-refractivity contribution in [3.05, 3.63) is 204 Å². The van der Waals surface area contributed by atoms with Gasteiger partial charge in [0.15, 0.2) is 0 Å². The molecule has 63 heavy (non-hydrogen) atoms.